The molecule has 1 amide bonds. The van der Waals surface area contributed by atoms with E-state index in [4.69, 9.17) is 11.6 Å². The van der Waals surface area contributed by atoms with Gasteiger partial charge in [-0.2, -0.15) is 0 Å². The van der Waals surface area contributed by atoms with Crippen LogP contribution in [0.15, 0.2) is 0 Å². The summed E-state index contributed by atoms with van der Waals surface area (Å²) in [4.78, 5) is 12.4. The zero-order valence-corrected chi connectivity index (χ0v) is 11.4. The Morgan fingerprint density at radius 2 is 1.94 bits per heavy atom. The molecule has 2 unspecified atom stereocenters. The maximum atomic E-state index is 12.4. The molecule has 2 atom stereocenters. The SMILES string of the molecule is CC12CC3CC(C1)CC(C(=O)NCCCl)(C3)C2. The monoisotopic (exact) mass is 255 g/mol. The normalized spacial score (nSPS) is 47.2. The molecule has 17 heavy (non-hydrogen) atoms. The van der Waals surface area contributed by atoms with Crippen LogP contribution in [0.25, 0.3) is 0 Å². The van der Waals surface area contributed by atoms with Crippen LogP contribution in [0.1, 0.15) is 45.4 Å². The number of carbonyl (C=O) groups excluding carboxylic acids is 1. The third-order valence-electron chi connectivity index (χ3n) is 5.22. The van der Waals surface area contributed by atoms with Crippen molar-refractivity contribution in [2.75, 3.05) is 12.4 Å². The van der Waals surface area contributed by atoms with Gasteiger partial charge in [0, 0.05) is 12.4 Å². The lowest BCUT2D eigenvalue weighted by atomic mass is 9.44. The van der Waals surface area contributed by atoms with E-state index in [1.165, 1.54) is 19.3 Å². The molecule has 3 heteroatoms. The van der Waals surface area contributed by atoms with Gasteiger partial charge in [-0.1, -0.05) is 6.92 Å². The fraction of sp³-hybridized carbons (Fsp3) is 0.929. The molecule has 4 saturated carbocycles. The molecule has 2 nitrogen and oxygen atoms in total. The molecule has 0 heterocycles. The standard InChI is InChI=1S/C14H22ClNO/c1-13-5-10-4-11(6-13)8-14(7-10,9-13)12(17)16-3-2-15/h10-11H,2-9H2,1H3,(H,16,17). The molecular weight excluding hydrogens is 234 g/mol. The lowest BCUT2D eigenvalue weighted by Crippen LogP contribution is -2.56. The third kappa shape index (κ3) is 1.89. The number of nitrogens with one attached hydrogen (secondary N) is 1. The Labute approximate surface area is 108 Å². The van der Waals surface area contributed by atoms with Crippen molar-refractivity contribution >= 4 is 17.5 Å². The van der Waals surface area contributed by atoms with E-state index in [9.17, 15) is 4.79 Å². The van der Waals surface area contributed by atoms with Gasteiger partial charge in [-0.3, -0.25) is 4.79 Å². The van der Waals surface area contributed by atoms with Crippen molar-refractivity contribution in [3.63, 3.8) is 0 Å². The molecule has 0 aromatic carbocycles. The molecule has 4 aliphatic carbocycles. The average Bonchev–Trinajstić information content (AvgIpc) is 2.22. The summed E-state index contributed by atoms with van der Waals surface area (Å²) in [7, 11) is 0. The highest BCUT2D eigenvalue weighted by Gasteiger charge is 2.58. The Hall–Kier alpha value is -0.240. The van der Waals surface area contributed by atoms with Crippen LogP contribution in [-0.2, 0) is 4.79 Å². The first-order valence-corrected chi connectivity index (χ1v) is 7.43. The molecule has 0 aromatic heterocycles. The van der Waals surface area contributed by atoms with Crippen molar-refractivity contribution in [3.05, 3.63) is 0 Å². The Morgan fingerprint density at radius 3 is 2.47 bits per heavy atom. The van der Waals surface area contributed by atoms with Gasteiger partial charge in [0.2, 0.25) is 5.91 Å². The molecule has 0 aliphatic heterocycles. The number of amides is 1. The fourth-order valence-corrected chi connectivity index (χ4v) is 5.43. The number of hydrogen-bond acceptors (Lipinski definition) is 1. The molecule has 0 saturated heterocycles. The van der Waals surface area contributed by atoms with Gasteiger partial charge in [-0.25, -0.2) is 0 Å². The van der Waals surface area contributed by atoms with Gasteiger partial charge >= 0.3 is 0 Å². The lowest BCUT2D eigenvalue weighted by Gasteiger charge is -2.60. The minimum Gasteiger partial charge on any atom is -0.354 e. The van der Waals surface area contributed by atoms with E-state index in [0.29, 0.717) is 23.7 Å². The summed E-state index contributed by atoms with van der Waals surface area (Å²) in [5, 5.41) is 3.04. The highest BCUT2D eigenvalue weighted by atomic mass is 35.5. The Balaban J connectivity index is 1.81. The van der Waals surface area contributed by atoms with E-state index in [-0.39, 0.29) is 5.41 Å². The van der Waals surface area contributed by atoms with E-state index in [2.05, 4.69) is 12.2 Å². The van der Waals surface area contributed by atoms with E-state index in [1.54, 1.807) is 0 Å². The van der Waals surface area contributed by atoms with Gasteiger partial charge in [0.15, 0.2) is 0 Å². The van der Waals surface area contributed by atoms with Crippen LogP contribution in [0, 0.1) is 22.7 Å². The summed E-state index contributed by atoms with van der Waals surface area (Å²) in [6, 6.07) is 0. The first-order chi connectivity index (χ1) is 8.05. The van der Waals surface area contributed by atoms with E-state index >= 15 is 0 Å². The summed E-state index contributed by atoms with van der Waals surface area (Å²) < 4.78 is 0. The number of halogens is 1. The van der Waals surface area contributed by atoms with Gasteiger partial charge in [-0.15, -0.1) is 11.6 Å². The van der Waals surface area contributed by atoms with Crippen LogP contribution >= 0.6 is 11.6 Å². The van der Waals surface area contributed by atoms with Crippen molar-refractivity contribution in [2.45, 2.75) is 45.4 Å². The van der Waals surface area contributed by atoms with E-state index in [0.717, 1.165) is 31.1 Å². The highest BCUT2D eigenvalue weighted by molar-refractivity contribution is 6.18. The highest BCUT2D eigenvalue weighted by Crippen LogP contribution is 2.65. The summed E-state index contributed by atoms with van der Waals surface area (Å²) in [5.41, 5.74) is 0.410. The molecule has 0 spiro atoms. The van der Waals surface area contributed by atoms with Crippen LogP contribution < -0.4 is 5.32 Å². The number of rotatable bonds is 3. The van der Waals surface area contributed by atoms with Crippen molar-refractivity contribution in [3.8, 4) is 0 Å². The summed E-state index contributed by atoms with van der Waals surface area (Å²) in [5.74, 6) is 2.43. The maximum Gasteiger partial charge on any atom is 0.226 e. The van der Waals surface area contributed by atoms with Crippen LogP contribution in [0.2, 0.25) is 0 Å². The van der Waals surface area contributed by atoms with Crippen molar-refractivity contribution < 1.29 is 4.79 Å². The third-order valence-corrected chi connectivity index (χ3v) is 5.40. The zero-order valence-electron chi connectivity index (χ0n) is 10.6. The fourth-order valence-electron chi connectivity index (χ4n) is 5.33. The quantitative estimate of drug-likeness (QED) is 0.772. The second-order valence-corrected chi connectivity index (χ2v) is 7.37. The second-order valence-electron chi connectivity index (χ2n) is 7.00. The molecule has 1 N–H and O–H groups in total. The van der Waals surface area contributed by atoms with Crippen molar-refractivity contribution in [1.82, 2.24) is 5.32 Å². The first kappa shape index (κ1) is 11.8. The smallest absolute Gasteiger partial charge is 0.226 e. The van der Waals surface area contributed by atoms with Gasteiger partial charge in [-0.05, 0) is 55.8 Å². The summed E-state index contributed by atoms with van der Waals surface area (Å²) in [6.07, 6.45) is 7.46. The van der Waals surface area contributed by atoms with Crippen LogP contribution in [0.3, 0.4) is 0 Å². The predicted octanol–water partition coefficient (Wildman–Crippen LogP) is 2.95. The predicted molar refractivity (Wildman–Crippen MR) is 69.0 cm³/mol. The summed E-state index contributed by atoms with van der Waals surface area (Å²) >= 11 is 5.67. The molecule has 0 aromatic rings. The van der Waals surface area contributed by atoms with Gasteiger partial charge in [0.05, 0.1) is 5.41 Å². The van der Waals surface area contributed by atoms with E-state index in [1.807, 2.05) is 0 Å². The summed E-state index contributed by atoms with van der Waals surface area (Å²) in [6.45, 7) is 3.02. The van der Waals surface area contributed by atoms with Crippen molar-refractivity contribution in [2.24, 2.45) is 22.7 Å². The Kier molecular flexibility index (Phi) is 2.70. The zero-order chi connectivity index (χ0) is 12.1. The number of carbonyl (C=O) groups is 1. The lowest BCUT2D eigenvalue weighted by molar-refractivity contribution is -0.155. The molecule has 0 radical (unpaired) electrons. The van der Waals surface area contributed by atoms with Gasteiger partial charge in [0.25, 0.3) is 0 Å². The molecule has 4 rings (SSSR count). The average molecular weight is 256 g/mol. The molecular formula is C14H22ClNO. The molecule has 4 bridgehead atoms. The van der Waals surface area contributed by atoms with Crippen LogP contribution in [0.4, 0.5) is 0 Å². The van der Waals surface area contributed by atoms with Gasteiger partial charge in [0.1, 0.15) is 0 Å². The van der Waals surface area contributed by atoms with Crippen molar-refractivity contribution in [1.29, 1.82) is 0 Å². The van der Waals surface area contributed by atoms with Crippen LogP contribution in [0.5, 0.6) is 0 Å². The number of hydrogen-bond donors (Lipinski definition) is 1. The minimum atomic E-state index is -0.0368. The topological polar surface area (TPSA) is 29.1 Å². The maximum absolute atomic E-state index is 12.4. The second kappa shape index (κ2) is 3.88. The minimum absolute atomic E-state index is 0.0368. The molecule has 4 aliphatic rings. The van der Waals surface area contributed by atoms with E-state index < -0.39 is 0 Å². The Bertz CT molecular complexity index is 327. The largest absolute Gasteiger partial charge is 0.354 e. The molecule has 4 fully saturated rings. The van der Waals surface area contributed by atoms with Crippen LogP contribution in [-0.4, -0.2) is 18.3 Å². The Morgan fingerprint density at radius 1 is 1.29 bits per heavy atom. The number of alkyl halides is 1. The van der Waals surface area contributed by atoms with Gasteiger partial charge < -0.3 is 5.32 Å². The molecule has 96 valence electrons. The first-order valence-electron chi connectivity index (χ1n) is 6.90.